The number of hydrogen-bond acceptors (Lipinski definition) is 6. The molecule has 0 radical (unpaired) electrons. The van der Waals surface area contributed by atoms with Crippen molar-refractivity contribution in [3.8, 4) is 0 Å². The summed E-state index contributed by atoms with van der Waals surface area (Å²) in [5, 5.41) is 13.2. The molecule has 8 nitrogen and oxygen atoms in total. The molecule has 2 aromatic rings. The van der Waals surface area contributed by atoms with Gasteiger partial charge in [0, 0.05) is 23.9 Å². The van der Waals surface area contributed by atoms with Crippen molar-refractivity contribution in [1.29, 1.82) is 0 Å². The zero-order valence-electron chi connectivity index (χ0n) is 11.5. The van der Waals surface area contributed by atoms with Crippen molar-refractivity contribution in [3.63, 3.8) is 0 Å². The lowest BCUT2D eigenvalue weighted by Crippen LogP contribution is -2.25. The molecule has 0 saturated heterocycles. The number of aromatic amines is 1. The van der Waals surface area contributed by atoms with Gasteiger partial charge < -0.3 is 9.84 Å². The summed E-state index contributed by atoms with van der Waals surface area (Å²) >= 11 is 0. The topological polar surface area (TPSA) is 113 Å². The van der Waals surface area contributed by atoms with Crippen molar-refractivity contribution in [3.05, 3.63) is 28.8 Å². The Hall–Kier alpha value is -1.71. The maximum atomic E-state index is 12.2. The van der Waals surface area contributed by atoms with Crippen LogP contribution in [0.4, 0.5) is 0 Å². The molecule has 9 heteroatoms. The largest absolute Gasteiger partial charge is 0.360 e. The fourth-order valence-electron chi connectivity index (χ4n) is 1.77. The third-order valence-electron chi connectivity index (χ3n) is 2.76. The summed E-state index contributed by atoms with van der Waals surface area (Å²) in [6.45, 7) is 4.00. The third-order valence-corrected chi connectivity index (χ3v) is 4.13. The Labute approximate surface area is 117 Å². The Morgan fingerprint density at radius 1 is 1.35 bits per heavy atom. The number of nitrogens with one attached hydrogen (secondary N) is 3. The van der Waals surface area contributed by atoms with Crippen LogP contribution in [0.15, 0.2) is 15.6 Å². The third kappa shape index (κ3) is 3.06. The van der Waals surface area contributed by atoms with Crippen molar-refractivity contribution < 1.29 is 12.9 Å². The van der Waals surface area contributed by atoms with Crippen molar-refractivity contribution in [2.24, 2.45) is 0 Å². The van der Waals surface area contributed by atoms with E-state index in [1.54, 1.807) is 27.0 Å². The Balaban J connectivity index is 2.18. The van der Waals surface area contributed by atoms with Gasteiger partial charge in [0.05, 0.1) is 12.2 Å². The zero-order chi connectivity index (χ0) is 14.8. The van der Waals surface area contributed by atoms with Gasteiger partial charge in [-0.1, -0.05) is 5.16 Å². The number of hydrogen-bond donors (Lipinski definition) is 3. The lowest BCUT2D eigenvalue weighted by atomic mass is 10.3. The molecule has 0 aliphatic rings. The maximum Gasteiger partial charge on any atom is 0.260 e. The second kappa shape index (κ2) is 5.73. The highest BCUT2D eigenvalue weighted by Gasteiger charge is 2.23. The summed E-state index contributed by atoms with van der Waals surface area (Å²) < 4.78 is 31.9. The molecular weight excluding hydrogens is 282 g/mol. The predicted molar refractivity (Wildman–Crippen MR) is 71.4 cm³/mol. The molecule has 0 unspecified atom stereocenters. The Morgan fingerprint density at radius 3 is 2.70 bits per heavy atom. The van der Waals surface area contributed by atoms with Crippen LogP contribution in [0.1, 0.15) is 22.7 Å². The second-order valence-corrected chi connectivity index (χ2v) is 6.10. The lowest BCUT2D eigenvalue weighted by molar-refractivity contribution is 0.377. The van der Waals surface area contributed by atoms with Gasteiger partial charge in [0.2, 0.25) is 0 Å². The van der Waals surface area contributed by atoms with Crippen LogP contribution >= 0.6 is 0 Å². The lowest BCUT2D eigenvalue weighted by Gasteiger charge is -2.05. The van der Waals surface area contributed by atoms with E-state index >= 15 is 0 Å². The zero-order valence-corrected chi connectivity index (χ0v) is 12.3. The number of aromatic nitrogens is 3. The first kappa shape index (κ1) is 14.7. The minimum absolute atomic E-state index is 0.000544. The summed E-state index contributed by atoms with van der Waals surface area (Å²) in [5.74, 6) is 0.452. The first-order valence-corrected chi connectivity index (χ1v) is 7.52. The van der Waals surface area contributed by atoms with Gasteiger partial charge in [-0.3, -0.25) is 5.10 Å². The van der Waals surface area contributed by atoms with E-state index in [0.717, 1.165) is 5.69 Å². The van der Waals surface area contributed by atoms with Crippen molar-refractivity contribution >= 4 is 10.0 Å². The van der Waals surface area contributed by atoms with Crippen molar-refractivity contribution in [2.75, 3.05) is 7.05 Å². The van der Waals surface area contributed by atoms with E-state index < -0.39 is 10.0 Å². The van der Waals surface area contributed by atoms with Gasteiger partial charge in [0.1, 0.15) is 0 Å². The SMILES string of the molecule is CNCc1c(S(=O)(=O)NCc2cc(C)no2)n[nH]c1C. The highest BCUT2D eigenvalue weighted by Crippen LogP contribution is 2.16. The van der Waals surface area contributed by atoms with E-state index in [0.29, 0.717) is 23.6 Å². The van der Waals surface area contributed by atoms with E-state index in [1.807, 2.05) is 0 Å². The number of H-pyrrole nitrogens is 1. The minimum atomic E-state index is -3.70. The van der Waals surface area contributed by atoms with Crippen LogP contribution < -0.4 is 10.0 Å². The highest BCUT2D eigenvalue weighted by molar-refractivity contribution is 7.89. The maximum absolute atomic E-state index is 12.2. The van der Waals surface area contributed by atoms with Crippen LogP contribution in [0.2, 0.25) is 0 Å². The molecule has 0 spiro atoms. The minimum Gasteiger partial charge on any atom is -0.360 e. The van der Waals surface area contributed by atoms with Gasteiger partial charge in [-0.05, 0) is 20.9 Å². The quantitative estimate of drug-likeness (QED) is 0.703. The average molecular weight is 299 g/mol. The van der Waals surface area contributed by atoms with Gasteiger partial charge in [-0.25, -0.2) is 13.1 Å². The number of aryl methyl sites for hydroxylation is 2. The average Bonchev–Trinajstić information content (AvgIpc) is 2.96. The summed E-state index contributed by atoms with van der Waals surface area (Å²) in [6, 6.07) is 1.67. The summed E-state index contributed by atoms with van der Waals surface area (Å²) in [7, 11) is -1.96. The molecule has 0 amide bonds. The molecule has 2 rings (SSSR count). The Bertz CT molecular complexity index is 689. The van der Waals surface area contributed by atoms with Crippen molar-refractivity contribution in [1.82, 2.24) is 25.4 Å². The standard InChI is InChI=1S/C11H17N5O3S/c1-7-4-9(19-16-7)5-13-20(17,18)11-10(6-12-3)8(2)14-15-11/h4,12-13H,5-6H2,1-3H3,(H,14,15). The van der Waals surface area contributed by atoms with Gasteiger partial charge in [-0.2, -0.15) is 5.10 Å². The van der Waals surface area contributed by atoms with E-state index in [4.69, 9.17) is 4.52 Å². The normalized spacial score (nSPS) is 11.9. The molecule has 0 aromatic carbocycles. The molecule has 2 aromatic heterocycles. The van der Waals surface area contributed by atoms with Crippen LogP contribution in [0.25, 0.3) is 0 Å². The first-order chi connectivity index (χ1) is 9.44. The Morgan fingerprint density at radius 2 is 2.10 bits per heavy atom. The molecule has 0 aliphatic carbocycles. The van der Waals surface area contributed by atoms with Crippen LogP contribution in [0.3, 0.4) is 0 Å². The van der Waals surface area contributed by atoms with E-state index in [2.05, 4.69) is 25.4 Å². The summed E-state index contributed by atoms with van der Waals surface area (Å²) in [5.41, 5.74) is 2.04. The molecule has 3 N–H and O–H groups in total. The smallest absolute Gasteiger partial charge is 0.260 e. The van der Waals surface area contributed by atoms with Gasteiger partial charge in [0.25, 0.3) is 10.0 Å². The van der Waals surface area contributed by atoms with E-state index in [-0.39, 0.29) is 11.6 Å². The molecule has 2 heterocycles. The second-order valence-electron chi connectivity index (χ2n) is 4.42. The fraction of sp³-hybridized carbons (Fsp3) is 0.455. The molecule has 110 valence electrons. The molecular formula is C11H17N5O3S. The number of nitrogens with zero attached hydrogens (tertiary/aromatic N) is 2. The molecule has 20 heavy (non-hydrogen) atoms. The monoisotopic (exact) mass is 299 g/mol. The number of rotatable bonds is 6. The van der Waals surface area contributed by atoms with E-state index in [1.165, 1.54) is 0 Å². The van der Waals surface area contributed by atoms with Gasteiger partial charge in [0.15, 0.2) is 10.8 Å². The highest BCUT2D eigenvalue weighted by atomic mass is 32.2. The molecule has 0 atom stereocenters. The summed E-state index contributed by atoms with van der Waals surface area (Å²) in [4.78, 5) is 0. The molecule has 0 aliphatic heterocycles. The van der Waals surface area contributed by atoms with E-state index in [9.17, 15) is 8.42 Å². The molecule has 0 bridgehead atoms. The Kier molecular flexibility index (Phi) is 4.21. The summed E-state index contributed by atoms with van der Waals surface area (Å²) in [6.07, 6.45) is 0. The first-order valence-electron chi connectivity index (χ1n) is 6.04. The molecule has 0 saturated carbocycles. The number of sulfonamides is 1. The van der Waals surface area contributed by atoms with Crippen LogP contribution in [0.5, 0.6) is 0 Å². The fourth-order valence-corrected chi connectivity index (χ4v) is 2.96. The van der Waals surface area contributed by atoms with Crippen molar-refractivity contribution in [2.45, 2.75) is 32.0 Å². The van der Waals surface area contributed by atoms with Crippen LogP contribution in [0, 0.1) is 13.8 Å². The predicted octanol–water partition coefficient (Wildman–Crippen LogP) is 0.212. The van der Waals surface area contributed by atoms with Gasteiger partial charge in [-0.15, -0.1) is 0 Å². The van der Waals surface area contributed by atoms with Gasteiger partial charge >= 0.3 is 0 Å². The molecule has 0 fully saturated rings. The van der Waals surface area contributed by atoms with Crippen LogP contribution in [-0.4, -0.2) is 30.8 Å². The van der Waals surface area contributed by atoms with Crippen LogP contribution in [-0.2, 0) is 23.1 Å².